The van der Waals surface area contributed by atoms with Gasteiger partial charge in [-0.2, -0.15) is 5.26 Å². The number of piperidine rings is 1. The molecular formula is C8H13N3. The molecule has 11 heavy (non-hydrogen) atoms. The second kappa shape index (κ2) is 2.80. The topological polar surface area (TPSA) is 30.3 Å². The predicted molar refractivity (Wildman–Crippen MR) is 41.5 cm³/mol. The van der Waals surface area contributed by atoms with Crippen LogP contribution in [0.1, 0.15) is 12.8 Å². The Kier molecular flexibility index (Phi) is 1.80. The van der Waals surface area contributed by atoms with Crippen LogP contribution in [0.15, 0.2) is 0 Å². The quantitative estimate of drug-likeness (QED) is 0.510. The molecule has 60 valence electrons. The van der Waals surface area contributed by atoms with Crippen LogP contribution < -0.4 is 0 Å². The van der Waals surface area contributed by atoms with E-state index in [9.17, 15) is 0 Å². The molecule has 3 aliphatic heterocycles. The van der Waals surface area contributed by atoms with Crippen LogP contribution in [-0.2, 0) is 0 Å². The highest BCUT2D eigenvalue weighted by Crippen LogP contribution is 2.25. The summed E-state index contributed by atoms with van der Waals surface area (Å²) in [6.45, 7) is 4.04. The minimum atomic E-state index is 0.580. The maximum Gasteiger partial charge on any atom is 0.100 e. The van der Waals surface area contributed by atoms with Crippen molar-refractivity contribution in [3.05, 3.63) is 0 Å². The van der Waals surface area contributed by atoms with Gasteiger partial charge in [0.25, 0.3) is 0 Å². The van der Waals surface area contributed by atoms with E-state index in [1.807, 2.05) is 0 Å². The van der Waals surface area contributed by atoms with Gasteiger partial charge in [0.15, 0.2) is 0 Å². The van der Waals surface area contributed by atoms with Gasteiger partial charge >= 0.3 is 0 Å². The summed E-state index contributed by atoms with van der Waals surface area (Å²) in [7, 11) is 0. The Hall–Kier alpha value is -0.590. The van der Waals surface area contributed by atoms with Crippen LogP contribution in [0.5, 0.6) is 0 Å². The van der Waals surface area contributed by atoms with Crippen molar-refractivity contribution in [3.8, 4) is 6.07 Å². The Morgan fingerprint density at radius 3 is 2.55 bits per heavy atom. The highest BCUT2D eigenvalue weighted by atomic mass is 15.6. The van der Waals surface area contributed by atoms with Crippen LogP contribution in [0.3, 0.4) is 0 Å². The molecule has 3 nitrogen and oxygen atoms in total. The van der Waals surface area contributed by atoms with Gasteiger partial charge in [0.1, 0.15) is 6.54 Å². The second-order valence-electron chi connectivity index (χ2n) is 3.40. The van der Waals surface area contributed by atoms with E-state index in [0.29, 0.717) is 6.54 Å². The van der Waals surface area contributed by atoms with E-state index in [1.165, 1.54) is 25.9 Å². The third-order valence-corrected chi connectivity index (χ3v) is 2.71. The molecule has 0 saturated carbocycles. The first-order valence-electron chi connectivity index (χ1n) is 4.27. The molecule has 0 aromatic heterocycles. The molecule has 3 heterocycles. The molecule has 0 aliphatic carbocycles. The van der Waals surface area contributed by atoms with Gasteiger partial charge < -0.3 is 0 Å². The highest BCUT2D eigenvalue weighted by Gasteiger charge is 2.31. The van der Waals surface area contributed by atoms with Crippen molar-refractivity contribution in [2.45, 2.75) is 12.8 Å². The molecule has 0 spiro atoms. The largest absolute Gasteiger partial charge is 0.241 e. The van der Waals surface area contributed by atoms with Crippen LogP contribution in [0, 0.1) is 17.2 Å². The number of hydrogen-bond donors (Lipinski definition) is 0. The molecular weight excluding hydrogens is 138 g/mol. The molecule has 0 radical (unpaired) electrons. The summed E-state index contributed by atoms with van der Waals surface area (Å²) >= 11 is 0. The lowest BCUT2D eigenvalue weighted by Gasteiger charge is -2.46. The van der Waals surface area contributed by atoms with Crippen LogP contribution in [-0.4, -0.2) is 36.2 Å². The third-order valence-electron chi connectivity index (χ3n) is 2.71. The summed E-state index contributed by atoms with van der Waals surface area (Å²) in [5, 5.41) is 13.0. The number of fused-ring (bicyclic) bond motifs is 3. The zero-order valence-corrected chi connectivity index (χ0v) is 6.66. The summed E-state index contributed by atoms with van der Waals surface area (Å²) in [6.07, 6.45) is 2.67. The van der Waals surface area contributed by atoms with Crippen molar-refractivity contribution in [1.82, 2.24) is 10.0 Å². The van der Waals surface area contributed by atoms with Crippen LogP contribution in [0.25, 0.3) is 0 Å². The monoisotopic (exact) mass is 151 g/mol. The normalized spacial score (nSPS) is 37.0. The molecule has 3 rings (SSSR count). The second-order valence-corrected chi connectivity index (χ2v) is 3.40. The number of hydrogen-bond acceptors (Lipinski definition) is 3. The van der Waals surface area contributed by atoms with Crippen molar-refractivity contribution >= 4 is 0 Å². The number of nitrogens with zero attached hydrogens (tertiary/aromatic N) is 3. The van der Waals surface area contributed by atoms with Gasteiger partial charge in [-0.1, -0.05) is 0 Å². The smallest absolute Gasteiger partial charge is 0.100 e. The first kappa shape index (κ1) is 7.08. The van der Waals surface area contributed by atoms with E-state index >= 15 is 0 Å². The lowest BCUT2D eigenvalue weighted by Crippen LogP contribution is -2.55. The zero-order valence-electron chi connectivity index (χ0n) is 6.66. The van der Waals surface area contributed by atoms with E-state index in [0.717, 1.165) is 12.5 Å². The van der Waals surface area contributed by atoms with Gasteiger partial charge in [-0.05, 0) is 18.8 Å². The van der Waals surface area contributed by atoms with E-state index in [4.69, 9.17) is 5.26 Å². The predicted octanol–water partition coefficient (Wildman–Crippen LogP) is 0.453. The minimum Gasteiger partial charge on any atom is -0.241 e. The fourth-order valence-electron chi connectivity index (χ4n) is 2.04. The lowest BCUT2D eigenvalue weighted by atomic mass is 9.94. The Morgan fingerprint density at radius 1 is 1.36 bits per heavy atom. The SMILES string of the molecule is N#CCN1CC2CCN1CC2. The minimum absolute atomic E-state index is 0.580. The van der Waals surface area contributed by atoms with Crippen LogP contribution >= 0.6 is 0 Å². The van der Waals surface area contributed by atoms with Crippen LogP contribution in [0.4, 0.5) is 0 Å². The standard InChI is InChI=1S/C8H13N3/c9-3-6-11-7-8-1-4-10(11)5-2-8/h8H,1-2,4-7H2. The van der Waals surface area contributed by atoms with E-state index in [1.54, 1.807) is 0 Å². The molecule has 3 aliphatic rings. The maximum absolute atomic E-state index is 8.53. The van der Waals surface area contributed by atoms with Crippen molar-refractivity contribution < 1.29 is 0 Å². The summed E-state index contributed by atoms with van der Waals surface area (Å²) in [4.78, 5) is 0. The Balaban J connectivity index is 1.98. The molecule has 3 heteroatoms. The van der Waals surface area contributed by atoms with Crippen molar-refractivity contribution in [3.63, 3.8) is 0 Å². The Bertz CT molecular complexity index is 176. The molecule has 0 unspecified atom stereocenters. The lowest BCUT2D eigenvalue weighted by molar-refractivity contribution is -0.101. The summed E-state index contributed by atoms with van der Waals surface area (Å²) in [6, 6.07) is 2.21. The highest BCUT2D eigenvalue weighted by molar-refractivity contribution is 4.84. The fraction of sp³-hybridized carbons (Fsp3) is 0.875. The van der Waals surface area contributed by atoms with Gasteiger partial charge in [-0.3, -0.25) is 0 Å². The van der Waals surface area contributed by atoms with E-state index in [2.05, 4.69) is 16.1 Å². The number of rotatable bonds is 1. The summed E-state index contributed by atoms with van der Waals surface area (Å²) < 4.78 is 0. The maximum atomic E-state index is 8.53. The third kappa shape index (κ3) is 1.24. The van der Waals surface area contributed by atoms with Gasteiger partial charge in [0, 0.05) is 19.6 Å². The van der Waals surface area contributed by atoms with E-state index < -0.39 is 0 Å². The first-order valence-corrected chi connectivity index (χ1v) is 4.27. The number of hydrazine groups is 1. The molecule has 0 N–H and O–H groups in total. The summed E-state index contributed by atoms with van der Waals surface area (Å²) in [5.41, 5.74) is 0. The average Bonchev–Trinajstić information content (AvgIpc) is 2.07. The number of nitriles is 1. The summed E-state index contributed by atoms with van der Waals surface area (Å²) in [5.74, 6) is 0.869. The van der Waals surface area contributed by atoms with E-state index in [-0.39, 0.29) is 0 Å². The van der Waals surface area contributed by atoms with Gasteiger partial charge in [0.2, 0.25) is 0 Å². The Morgan fingerprint density at radius 2 is 2.09 bits per heavy atom. The van der Waals surface area contributed by atoms with Gasteiger partial charge in [0.05, 0.1) is 6.07 Å². The molecule has 0 atom stereocenters. The molecule has 2 bridgehead atoms. The van der Waals surface area contributed by atoms with Crippen LogP contribution in [0.2, 0.25) is 0 Å². The average molecular weight is 151 g/mol. The molecule has 0 aromatic carbocycles. The molecule has 0 amide bonds. The fourth-order valence-corrected chi connectivity index (χ4v) is 2.04. The molecule has 3 saturated heterocycles. The Labute approximate surface area is 67.2 Å². The van der Waals surface area contributed by atoms with Gasteiger partial charge in [-0.15, -0.1) is 0 Å². The van der Waals surface area contributed by atoms with Gasteiger partial charge in [-0.25, -0.2) is 10.0 Å². The zero-order chi connectivity index (χ0) is 7.68. The first-order chi connectivity index (χ1) is 5.40. The molecule has 3 fully saturated rings. The van der Waals surface area contributed by atoms with Crippen molar-refractivity contribution in [2.75, 3.05) is 26.2 Å². The molecule has 0 aromatic rings. The van der Waals surface area contributed by atoms with Crippen molar-refractivity contribution in [1.29, 1.82) is 5.26 Å². The van der Waals surface area contributed by atoms with Crippen molar-refractivity contribution in [2.24, 2.45) is 5.92 Å².